The molecule has 1 heterocycles. The molecule has 5 saturated carbocycles. The van der Waals surface area contributed by atoms with Crippen molar-refractivity contribution in [2.24, 2.45) is 34.5 Å². The fraction of sp³-hybridized carbons (Fsp3) is 0.962. The molecular formula is C26H41NO7. The number of hydrogen-bond donors (Lipinski definition) is 2. The summed E-state index contributed by atoms with van der Waals surface area (Å²) in [6, 6.07) is 0.0105. The molecule has 7 bridgehead atoms. The molecule has 5 aliphatic carbocycles. The number of esters is 1. The van der Waals surface area contributed by atoms with Gasteiger partial charge in [-0.15, -0.1) is 0 Å². The lowest BCUT2D eigenvalue weighted by Crippen LogP contribution is -2.82. The predicted molar refractivity (Wildman–Crippen MR) is 122 cm³/mol. The maximum atomic E-state index is 13.1. The van der Waals surface area contributed by atoms with E-state index in [0.717, 1.165) is 32.4 Å². The SMILES string of the molecule is CCN1C[C@]2(COC)CC[C@H](OC)[C@]34C1[C@H](C[C@H]23)[C@@]1(O)C[C@H](OC)[C@H]2C[C@]4(O)[C@@H]1[C@H]2OC(C)=O. The van der Waals surface area contributed by atoms with Crippen LogP contribution in [0.3, 0.4) is 0 Å². The van der Waals surface area contributed by atoms with Gasteiger partial charge in [0.2, 0.25) is 0 Å². The Balaban J connectivity index is 1.61. The first-order chi connectivity index (χ1) is 16.2. The second-order valence-electron chi connectivity index (χ2n) is 12.2. The number of ether oxygens (including phenoxy) is 4. The molecule has 1 spiro atoms. The summed E-state index contributed by atoms with van der Waals surface area (Å²) in [7, 11) is 5.21. The van der Waals surface area contributed by atoms with E-state index in [4.69, 9.17) is 18.9 Å². The van der Waals surface area contributed by atoms with Gasteiger partial charge in [0.25, 0.3) is 0 Å². The van der Waals surface area contributed by atoms with Gasteiger partial charge in [0.1, 0.15) is 6.10 Å². The molecule has 0 radical (unpaired) electrons. The van der Waals surface area contributed by atoms with Gasteiger partial charge in [0.15, 0.2) is 0 Å². The summed E-state index contributed by atoms with van der Waals surface area (Å²) in [5, 5.41) is 25.7. The Morgan fingerprint density at radius 1 is 1.15 bits per heavy atom. The maximum Gasteiger partial charge on any atom is 0.302 e. The van der Waals surface area contributed by atoms with Crippen LogP contribution in [-0.2, 0) is 23.7 Å². The van der Waals surface area contributed by atoms with Crippen molar-refractivity contribution >= 4 is 5.97 Å². The molecule has 1 saturated heterocycles. The molecule has 1 aliphatic heterocycles. The van der Waals surface area contributed by atoms with Crippen LogP contribution in [0.5, 0.6) is 0 Å². The van der Waals surface area contributed by atoms with Crippen molar-refractivity contribution in [1.82, 2.24) is 4.90 Å². The van der Waals surface area contributed by atoms with E-state index in [1.54, 1.807) is 21.3 Å². The van der Waals surface area contributed by atoms with Crippen molar-refractivity contribution in [3.8, 4) is 0 Å². The zero-order chi connectivity index (χ0) is 24.3. The molecule has 12 atom stereocenters. The van der Waals surface area contributed by atoms with Crippen molar-refractivity contribution in [1.29, 1.82) is 0 Å². The molecule has 8 nitrogen and oxygen atoms in total. The van der Waals surface area contributed by atoms with E-state index in [1.165, 1.54) is 6.92 Å². The number of nitrogens with zero attached hydrogens (tertiary/aromatic N) is 1. The summed E-state index contributed by atoms with van der Waals surface area (Å²) in [5.41, 5.74) is -3.05. The van der Waals surface area contributed by atoms with E-state index in [0.29, 0.717) is 19.4 Å². The lowest BCUT2D eigenvalue weighted by molar-refractivity contribution is -0.328. The highest BCUT2D eigenvalue weighted by Gasteiger charge is 2.89. The van der Waals surface area contributed by atoms with Crippen LogP contribution in [0, 0.1) is 34.5 Å². The fourth-order valence-corrected chi connectivity index (χ4v) is 11.0. The van der Waals surface area contributed by atoms with Crippen LogP contribution in [0.4, 0.5) is 0 Å². The Bertz CT molecular complexity index is 870. The monoisotopic (exact) mass is 479 g/mol. The van der Waals surface area contributed by atoms with Crippen molar-refractivity contribution < 1.29 is 34.0 Å². The first kappa shape index (κ1) is 23.6. The summed E-state index contributed by atoms with van der Waals surface area (Å²) in [4.78, 5) is 14.7. The minimum Gasteiger partial charge on any atom is -0.462 e. The molecule has 0 amide bonds. The summed E-state index contributed by atoms with van der Waals surface area (Å²) in [5.74, 6) is -0.935. The topological polar surface area (TPSA) is 97.7 Å². The normalized spacial score (nSPS) is 57.0. The Morgan fingerprint density at radius 3 is 2.53 bits per heavy atom. The van der Waals surface area contributed by atoms with Crippen LogP contribution < -0.4 is 0 Å². The van der Waals surface area contributed by atoms with Gasteiger partial charge < -0.3 is 29.2 Å². The molecule has 0 aromatic heterocycles. The van der Waals surface area contributed by atoms with Gasteiger partial charge in [-0.2, -0.15) is 0 Å². The van der Waals surface area contributed by atoms with E-state index in [9.17, 15) is 15.0 Å². The number of rotatable bonds is 6. The van der Waals surface area contributed by atoms with Crippen molar-refractivity contribution in [3.05, 3.63) is 0 Å². The smallest absolute Gasteiger partial charge is 0.302 e. The van der Waals surface area contributed by atoms with Crippen LogP contribution >= 0.6 is 0 Å². The number of hydrogen-bond acceptors (Lipinski definition) is 8. The van der Waals surface area contributed by atoms with Gasteiger partial charge in [-0.1, -0.05) is 6.92 Å². The predicted octanol–water partition coefficient (Wildman–Crippen LogP) is 1.22. The van der Waals surface area contributed by atoms with Gasteiger partial charge >= 0.3 is 5.97 Å². The number of methoxy groups -OCH3 is 3. The van der Waals surface area contributed by atoms with E-state index in [2.05, 4.69) is 11.8 Å². The van der Waals surface area contributed by atoms with E-state index in [-0.39, 0.29) is 47.4 Å². The molecule has 8 heteroatoms. The molecule has 1 unspecified atom stereocenters. The Hall–Kier alpha value is -0.770. The average molecular weight is 480 g/mol. The third-order valence-corrected chi connectivity index (χ3v) is 11.5. The highest BCUT2D eigenvalue weighted by Crippen LogP contribution is 2.80. The second-order valence-corrected chi connectivity index (χ2v) is 12.2. The summed E-state index contributed by atoms with van der Waals surface area (Å²) in [6.45, 7) is 6.01. The largest absolute Gasteiger partial charge is 0.462 e. The second kappa shape index (κ2) is 7.39. The molecule has 6 aliphatic rings. The molecule has 0 aromatic carbocycles. The number of carbonyl (C=O) groups is 1. The standard InChI is InChI=1S/C26H41NO7/c1-6-27-12-23(13-31-3)8-7-19(33-5)26-18(23)9-16(22(26)27)24(29)11-17(32-4)15-10-25(26,30)21(24)20(15)34-14(2)28/h15-22,29-30H,6-13H2,1-5H3/t15-,16+,17+,18-,19+,20+,21-,22?,23+,24+,25+,26+/m1/s1. The molecule has 192 valence electrons. The van der Waals surface area contributed by atoms with Crippen LogP contribution in [0.15, 0.2) is 0 Å². The molecule has 6 rings (SSSR count). The zero-order valence-corrected chi connectivity index (χ0v) is 21.2. The minimum absolute atomic E-state index is 0.0105. The van der Waals surface area contributed by atoms with Gasteiger partial charge in [-0.05, 0) is 38.1 Å². The molecule has 34 heavy (non-hydrogen) atoms. The van der Waals surface area contributed by atoms with Crippen molar-refractivity contribution in [2.45, 2.75) is 81.5 Å². The number of likely N-dealkylation sites (tertiary alicyclic amines) is 1. The van der Waals surface area contributed by atoms with Gasteiger partial charge in [0, 0.05) is 69.9 Å². The van der Waals surface area contributed by atoms with Crippen LogP contribution in [-0.4, -0.2) is 97.7 Å². The molecule has 0 aromatic rings. The Morgan fingerprint density at radius 2 is 1.91 bits per heavy atom. The minimum atomic E-state index is -1.23. The van der Waals surface area contributed by atoms with Crippen LogP contribution in [0.1, 0.15) is 46.0 Å². The number of carbonyl (C=O) groups excluding carboxylic acids is 1. The maximum absolute atomic E-state index is 13.1. The van der Waals surface area contributed by atoms with E-state index < -0.39 is 28.6 Å². The molecular weight excluding hydrogens is 438 g/mol. The number of aliphatic hydroxyl groups is 2. The third kappa shape index (κ3) is 2.39. The van der Waals surface area contributed by atoms with Gasteiger partial charge in [0.05, 0.1) is 35.9 Å². The molecule has 2 N–H and O–H groups in total. The quantitative estimate of drug-likeness (QED) is 0.549. The summed E-state index contributed by atoms with van der Waals surface area (Å²) < 4.78 is 24.0. The number of fused-ring (bicyclic) bond motifs is 2. The van der Waals surface area contributed by atoms with Crippen molar-refractivity contribution in [2.75, 3.05) is 41.0 Å². The summed E-state index contributed by atoms with van der Waals surface area (Å²) >= 11 is 0. The van der Waals surface area contributed by atoms with Gasteiger partial charge in [-0.25, -0.2) is 0 Å². The fourth-order valence-electron chi connectivity index (χ4n) is 11.0. The van der Waals surface area contributed by atoms with E-state index >= 15 is 0 Å². The third-order valence-electron chi connectivity index (χ3n) is 11.5. The summed E-state index contributed by atoms with van der Waals surface area (Å²) in [6.07, 6.45) is 2.65. The van der Waals surface area contributed by atoms with Crippen LogP contribution in [0.25, 0.3) is 0 Å². The lowest BCUT2D eigenvalue weighted by Gasteiger charge is -2.71. The molecule has 6 fully saturated rings. The average Bonchev–Trinajstić information content (AvgIpc) is 3.21. The highest BCUT2D eigenvalue weighted by atomic mass is 16.6. The Kier molecular flexibility index (Phi) is 5.13. The zero-order valence-electron chi connectivity index (χ0n) is 21.2. The first-order valence-electron chi connectivity index (χ1n) is 13.1. The van der Waals surface area contributed by atoms with Crippen molar-refractivity contribution in [3.63, 3.8) is 0 Å². The highest BCUT2D eigenvalue weighted by molar-refractivity contribution is 5.66. The first-order valence-corrected chi connectivity index (χ1v) is 13.1. The van der Waals surface area contributed by atoms with Gasteiger partial charge in [-0.3, -0.25) is 9.69 Å². The Labute approximate surface area is 202 Å². The lowest BCUT2D eigenvalue weighted by atomic mass is 9.41. The number of piperidine rings is 1. The van der Waals surface area contributed by atoms with E-state index in [1.807, 2.05) is 0 Å². The van der Waals surface area contributed by atoms with Crippen LogP contribution in [0.2, 0.25) is 0 Å².